The molecule has 25 heavy (non-hydrogen) atoms. The maximum atomic E-state index is 13.9. The van der Waals surface area contributed by atoms with Gasteiger partial charge in [0, 0.05) is 12.0 Å². The lowest BCUT2D eigenvalue weighted by Crippen LogP contribution is -2.47. The number of imide groups is 1. The van der Waals surface area contributed by atoms with Crippen LogP contribution in [0, 0.1) is 11.7 Å². The van der Waals surface area contributed by atoms with Gasteiger partial charge in [0.25, 0.3) is 5.91 Å². The van der Waals surface area contributed by atoms with Crippen molar-refractivity contribution in [3.8, 4) is 5.75 Å². The van der Waals surface area contributed by atoms with Crippen molar-refractivity contribution in [2.75, 3.05) is 25.1 Å². The van der Waals surface area contributed by atoms with Crippen molar-refractivity contribution in [2.24, 2.45) is 11.7 Å². The molecule has 1 atom stereocenters. The topological polar surface area (TPSA) is 92.9 Å². The number of likely N-dealkylation sites (tertiary alicyclic amines) is 1. The Bertz CT molecular complexity index is 716. The molecule has 1 unspecified atom stereocenters. The molecule has 2 fully saturated rings. The van der Waals surface area contributed by atoms with Crippen molar-refractivity contribution in [1.82, 2.24) is 4.90 Å². The van der Waals surface area contributed by atoms with E-state index in [0.29, 0.717) is 25.9 Å². The van der Waals surface area contributed by atoms with E-state index in [9.17, 15) is 18.8 Å². The quantitative estimate of drug-likeness (QED) is 0.806. The number of carbonyl (C=O) groups excluding carboxylic acids is 3. The number of piperidine rings is 1. The number of benzene rings is 1. The second-order valence-corrected chi connectivity index (χ2v) is 6.32. The summed E-state index contributed by atoms with van der Waals surface area (Å²) in [5.41, 5.74) is 5.52. The number of hydrogen-bond acceptors (Lipinski definition) is 5. The summed E-state index contributed by atoms with van der Waals surface area (Å²) in [4.78, 5) is 39.2. The second kappa shape index (κ2) is 6.79. The van der Waals surface area contributed by atoms with Gasteiger partial charge < -0.3 is 10.5 Å². The Hall–Kier alpha value is -2.48. The smallest absolute Gasteiger partial charge is 0.251 e. The number of primary amides is 1. The van der Waals surface area contributed by atoms with Crippen molar-refractivity contribution in [3.63, 3.8) is 0 Å². The fourth-order valence-electron chi connectivity index (χ4n) is 3.46. The van der Waals surface area contributed by atoms with Gasteiger partial charge in [0.15, 0.2) is 11.6 Å². The third kappa shape index (κ3) is 3.21. The largest absolute Gasteiger partial charge is 0.494 e. The molecule has 1 aromatic rings. The molecule has 3 rings (SSSR count). The first-order valence-electron chi connectivity index (χ1n) is 8.16. The Morgan fingerprint density at radius 2 is 1.96 bits per heavy atom. The Labute approximate surface area is 144 Å². The highest BCUT2D eigenvalue weighted by Gasteiger charge is 2.43. The molecule has 0 saturated carbocycles. The average molecular weight is 349 g/mol. The SMILES string of the molecule is COc1ccc(N2C(=O)CC(N3CCC(C(N)=O)CC3)C2=O)cc1F. The van der Waals surface area contributed by atoms with Crippen LogP contribution in [0.1, 0.15) is 19.3 Å². The van der Waals surface area contributed by atoms with Crippen molar-refractivity contribution >= 4 is 23.4 Å². The number of hydrogen-bond donors (Lipinski definition) is 1. The van der Waals surface area contributed by atoms with Gasteiger partial charge in [-0.3, -0.25) is 19.3 Å². The number of carbonyl (C=O) groups is 3. The van der Waals surface area contributed by atoms with Gasteiger partial charge in [-0.05, 0) is 38.1 Å². The maximum Gasteiger partial charge on any atom is 0.251 e. The minimum atomic E-state index is -0.633. The molecular weight excluding hydrogens is 329 g/mol. The van der Waals surface area contributed by atoms with Gasteiger partial charge in [0.05, 0.1) is 25.3 Å². The van der Waals surface area contributed by atoms with Crippen LogP contribution in [-0.4, -0.2) is 48.9 Å². The molecule has 2 aliphatic heterocycles. The van der Waals surface area contributed by atoms with Gasteiger partial charge in [-0.1, -0.05) is 0 Å². The Kier molecular flexibility index (Phi) is 4.71. The van der Waals surface area contributed by atoms with Crippen LogP contribution in [0.3, 0.4) is 0 Å². The molecule has 7 nitrogen and oxygen atoms in total. The van der Waals surface area contributed by atoms with Gasteiger partial charge in [-0.25, -0.2) is 9.29 Å². The van der Waals surface area contributed by atoms with E-state index in [1.54, 1.807) is 0 Å². The fourth-order valence-corrected chi connectivity index (χ4v) is 3.46. The summed E-state index contributed by atoms with van der Waals surface area (Å²) in [6.07, 6.45) is 1.20. The van der Waals surface area contributed by atoms with Crippen LogP contribution in [0.4, 0.5) is 10.1 Å². The molecule has 2 N–H and O–H groups in total. The summed E-state index contributed by atoms with van der Waals surface area (Å²) in [7, 11) is 1.34. The van der Waals surface area contributed by atoms with E-state index in [0.717, 1.165) is 11.0 Å². The molecule has 0 radical (unpaired) electrons. The Morgan fingerprint density at radius 1 is 1.28 bits per heavy atom. The molecule has 2 heterocycles. The van der Waals surface area contributed by atoms with E-state index in [2.05, 4.69) is 0 Å². The zero-order valence-electron chi connectivity index (χ0n) is 13.9. The summed E-state index contributed by atoms with van der Waals surface area (Å²) in [5.74, 6) is -1.83. The second-order valence-electron chi connectivity index (χ2n) is 6.32. The normalized spacial score (nSPS) is 22.5. The zero-order valence-corrected chi connectivity index (χ0v) is 13.9. The number of amides is 3. The van der Waals surface area contributed by atoms with E-state index < -0.39 is 11.9 Å². The maximum absolute atomic E-state index is 13.9. The highest BCUT2D eigenvalue weighted by molar-refractivity contribution is 6.22. The summed E-state index contributed by atoms with van der Waals surface area (Å²) in [6.45, 7) is 1.06. The summed E-state index contributed by atoms with van der Waals surface area (Å²) < 4.78 is 18.8. The highest BCUT2D eigenvalue weighted by atomic mass is 19.1. The molecule has 0 spiro atoms. The van der Waals surface area contributed by atoms with Crippen molar-refractivity contribution < 1.29 is 23.5 Å². The number of nitrogens with zero attached hydrogens (tertiary/aromatic N) is 2. The molecular formula is C17H20FN3O4. The molecule has 2 saturated heterocycles. The van der Waals surface area contributed by atoms with Gasteiger partial charge in [0.2, 0.25) is 11.8 Å². The molecule has 0 bridgehead atoms. The highest BCUT2D eigenvalue weighted by Crippen LogP contribution is 2.30. The van der Waals surface area contributed by atoms with Crippen LogP contribution in [0.15, 0.2) is 18.2 Å². The molecule has 2 aliphatic rings. The van der Waals surface area contributed by atoms with Gasteiger partial charge >= 0.3 is 0 Å². The lowest BCUT2D eigenvalue weighted by molar-refractivity contribution is -0.124. The van der Waals surface area contributed by atoms with E-state index >= 15 is 0 Å². The number of rotatable bonds is 4. The Morgan fingerprint density at radius 3 is 2.52 bits per heavy atom. The number of anilines is 1. The first-order valence-corrected chi connectivity index (χ1v) is 8.16. The van der Waals surface area contributed by atoms with Gasteiger partial charge in [-0.2, -0.15) is 0 Å². The summed E-state index contributed by atoms with van der Waals surface area (Å²) in [5, 5.41) is 0. The van der Waals surface area contributed by atoms with Crippen LogP contribution in [0.2, 0.25) is 0 Å². The van der Waals surface area contributed by atoms with Crippen LogP contribution in [0.5, 0.6) is 5.75 Å². The van der Waals surface area contributed by atoms with E-state index in [1.165, 1.54) is 19.2 Å². The molecule has 134 valence electrons. The minimum absolute atomic E-state index is 0.0490. The predicted octanol–water partition coefficient (Wildman–Crippen LogP) is 0.663. The fraction of sp³-hybridized carbons (Fsp3) is 0.471. The minimum Gasteiger partial charge on any atom is -0.494 e. The van der Waals surface area contributed by atoms with Gasteiger partial charge in [0.1, 0.15) is 0 Å². The first kappa shape index (κ1) is 17.3. The predicted molar refractivity (Wildman–Crippen MR) is 87.3 cm³/mol. The van der Waals surface area contributed by atoms with E-state index in [-0.39, 0.29) is 41.5 Å². The van der Waals surface area contributed by atoms with Crippen LogP contribution < -0.4 is 15.4 Å². The van der Waals surface area contributed by atoms with Gasteiger partial charge in [-0.15, -0.1) is 0 Å². The molecule has 8 heteroatoms. The van der Waals surface area contributed by atoms with Crippen molar-refractivity contribution in [2.45, 2.75) is 25.3 Å². The number of methoxy groups -OCH3 is 1. The summed E-state index contributed by atoms with van der Waals surface area (Å²) in [6, 6.07) is 3.42. The third-order valence-corrected chi connectivity index (χ3v) is 4.89. The van der Waals surface area contributed by atoms with Crippen LogP contribution in [0.25, 0.3) is 0 Å². The number of nitrogens with two attached hydrogens (primary N) is 1. The molecule has 0 aliphatic carbocycles. The van der Waals surface area contributed by atoms with Crippen LogP contribution in [-0.2, 0) is 14.4 Å². The Balaban J connectivity index is 1.75. The lowest BCUT2D eigenvalue weighted by Gasteiger charge is -2.33. The average Bonchev–Trinajstić information content (AvgIpc) is 2.89. The number of halogens is 1. The van der Waals surface area contributed by atoms with E-state index in [1.807, 2.05) is 4.90 Å². The monoisotopic (exact) mass is 349 g/mol. The third-order valence-electron chi connectivity index (χ3n) is 4.89. The first-order chi connectivity index (χ1) is 11.9. The standard InChI is InChI=1S/C17H20FN3O4/c1-25-14-3-2-11(8-12(14)18)21-15(22)9-13(17(21)24)20-6-4-10(5-7-20)16(19)23/h2-3,8,10,13H,4-7,9H2,1H3,(H2,19,23). The molecule has 0 aromatic heterocycles. The molecule has 1 aromatic carbocycles. The lowest BCUT2D eigenvalue weighted by atomic mass is 9.95. The van der Waals surface area contributed by atoms with Crippen molar-refractivity contribution in [1.29, 1.82) is 0 Å². The van der Waals surface area contributed by atoms with Crippen LogP contribution >= 0.6 is 0 Å². The van der Waals surface area contributed by atoms with Crippen molar-refractivity contribution in [3.05, 3.63) is 24.0 Å². The number of ether oxygens (including phenoxy) is 1. The summed E-state index contributed by atoms with van der Waals surface area (Å²) >= 11 is 0. The van der Waals surface area contributed by atoms with E-state index in [4.69, 9.17) is 10.5 Å². The molecule has 3 amide bonds. The zero-order chi connectivity index (χ0) is 18.1.